The first kappa shape index (κ1) is 27.7. The van der Waals surface area contributed by atoms with Crippen LogP contribution in [0.3, 0.4) is 0 Å². The van der Waals surface area contributed by atoms with Crippen LogP contribution in [0.15, 0.2) is 78.9 Å². The van der Waals surface area contributed by atoms with Crippen LogP contribution in [0.25, 0.3) is 0 Å². The number of halogens is 2. The van der Waals surface area contributed by atoms with Gasteiger partial charge in [-0.15, -0.1) is 0 Å². The summed E-state index contributed by atoms with van der Waals surface area (Å²) in [6, 6.07) is 23.6. The van der Waals surface area contributed by atoms with Crippen molar-refractivity contribution in [3.05, 3.63) is 106 Å². The van der Waals surface area contributed by atoms with Gasteiger partial charge in [-0.2, -0.15) is 0 Å². The van der Waals surface area contributed by atoms with Crippen LogP contribution in [-0.4, -0.2) is 42.5 Å². The minimum Gasteiger partial charge on any atom is -0.382 e. The maximum absolute atomic E-state index is 13.7. The molecule has 0 bridgehead atoms. The zero-order chi connectivity index (χ0) is 25.8. The van der Waals surface area contributed by atoms with E-state index in [1.54, 1.807) is 29.2 Å². The molecule has 0 aliphatic rings. The molecule has 0 aromatic heterocycles. The summed E-state index contributed by atoms with van der Waals surface area (Å²) in [7, 11) is 0. The van der Waals surface area contributed by atoms with E-state index in [4.69, 9.17) is 27.9 Å². The summed E-state index contributed by atoms with van der Waals surface area (Å²) in [5, 5.41) is 4.24. The minimum absolute atomic E-state index is 0.141. The van der Waals surface area contributed by atoms with Gasteiger partial charge in [0.05, 0.1) is 6.42 Å². The van der Waals surface area contributed by atoms with Crippen molar-refractivity contribution in [2.24, 2.45) is 0 Å². The highest BCUT2D eigenvalue weighted by Gasteiger charge is 2.30. The largest absolute Gasteiger partial charge is 0.382 e. The molecule has 1 N–H and O–H groups in total. The molecule has 0 saturated carbocycles. The van der Waals surface area contributed by atoms with E-state index in [-0.39, 0.29) is 24.8 Å². The molecule has 36 heavy (non-hydrogen) atoms. The van der Waals surface area contributed by atoms with E-state index in [1.165, 1.54) is 0 Å². The lowest BCUT2D eigenvalue weighted by molar-refractivity contribution is -0.140. The van der Waals surface area contributed by atoms with Gasteiger partial charge >= 0.3 is 0 Å². The summed E-state index contributed by atoms with van der Waals surface area (Å²) in [6.45, 7) is 3.91. The molecule has 3 aromatic rings. The Bertz CT molecular complexity index is 1090. The molecule has 0 aliphatic heterocycles. The molecule has 3 rings (SSSR count). The first-order valence-corrected chi connectivity index (χ1v) is 12.9. The minimum atomic E-state index is -0.685. The molecule has 0 fully saturated rings. The van der Waals surface area contributed by atoms with Crippen LogP contribution in [0, 0.1) is 0 Å². The van der Waals surface area contributed by atoms with Crippen LogP contribution in [-0.2, 0) is 33.7 Å². The smallest absolute Gasteiger partial charge is 0.243 e. The number of rotatable bonds is 13. The maximum atomic E-state index is 13.7. The highest BCUT2D eigenvalue weighted by molar-refractivity contribution is 6.30. The number of carbonyl (C=O) groups is 2. The van der Waals surface area contributed by atoms with Gasteiger partial charge < -0.3 is 15.0 Å². The number of nitrogens with one attached hydrogen (secondary N) is 1. The number of hydrogen-bond donors (Lipinski definition) is 1. The van der Waals surface area contributed by atoms with Crippen molar-refractivity contribution in [2.45, 2.75) is 38.8 Å². The third kappa shape index (κ3) is 8.98. The maximum Gasteiger partial charge on any atom is 0.243 e. The van der Waals surface area contributed by atoms with Crippen molar-refractivity contribution in [2.75, 3.05) is 19.8 Å². The molecule has 7 heteroatoms. The van der Waals surface area contributed by atoms with E-state index in [9.17, 15) is 9.59 Å². The second kappa shape index (κ2) is 14.6. The van der Waals surface area contributed by atoms with Crippen molar-refractivity contribution < 1.29 is 14.3 Å². The number of benzene rings is 3. The predicted octanol–water partition coefficient (Wildman–Crippen LogP) is 5.72. The van der Waals surface area contributed by atoms with Gasteiger partial charge in [-0.1, -0.05) is 77.8 Å². The molecular formula is C29H32Cl2N2O3. The third-order valence-electron chi connectivity index (χ3n) is 5.77. The van der Waals surface area contributed by atoms with Crippen LogP contribution >= 0.6 is 23.2 Å². The van der Waals surface area contributed by atoms with Crippen molar-refractivity contribution in [3.8, 4) is 0 Å². The van der Waals surface area contributed by atoms with Gasteiger partial charge in [-0.25, -0.2) is 0 Å². The Hall–Kier alpha value is -2.86. The average Bonchev–Trinajstić information content (AvgIpc) is 2.89. The van der Waals surface area contributed by atoms with Gasteiger partial charge in [0.1, 0.15) is 6.04 Å². The topological polar surface area (TPSA) is 58.6 Å². The van der Waals surface area contributed by atoms with Crippen molar-refractivity contribution in [3.63, 3.8) is 0 Å². The van der Waals surface area contributed by atoms with Gasteiger partial charge in [0, 0.05) is 42.8 Å². The van der Waals surface area contributed by atoms with E-state index in [2.05, 4.69) is 5.32 Å². The van der Waals surface area contributed by atoms with Crippen molar-refractivity contribution in [1.82, 2.24) is 10.2 Å². The van der Waals surface area contributed by atoms with Crippen LogP contribution in [0.5, 0.6) is 0 Å². The van der Waals surface area contributed by atoms with E-state index in [0.717, 1.165) is 16.7 Å². The Morgan fingerprint density at radius 1 is 0.861 bits per heavy atom. The zero-order valence-electron chi connectivity index (χ0n) is 20.5. The summed E-state index contributed by atoms with van der Waals surface area (Å²) < 4.78 is 5.38. The fourth-order valence-corrected chi connectivity index (χ4v) is 4.12. The average molecular weight is 527 g/mol. The van der Waals surface area contributed by atoms with Crippen LogP contribution in [0.2, 0.25) is 10.0 Å². The zero-order valence-corrected chi connectivity index (χ0v) is 22.0. The molecule has 190 valence electrons. The van der Waals surface area contributed by atoms with Crippen LogP contribution in [0.4, 0.5) is 0 Å². The highest BCUT2D eigenvalue weighted by Crippen LogP contribution is 2.19. The highest BCUT2D eigenvalue weighted by atomic mass is 35.5. The molecular weight excluding hydrogens is 495 g/mol. The Kier molecular flexibility index (Phi) is 11.3. The fourth-order valence-electron chi connectivity index (χ4n) is 3.87. The molecule has 0 aliphatic carbocycles. The molecule has 3 aromatic carbocycles. The Labute approximate surface area is 223 Å². The van der Waals surface area contributed by atoms with Gasteiger partial charge in [0.15, 0.2) is 0 Å². The standard InChI is InChI=1S/C29H32Cl2N2O3/c1-2-36-18-6-17-32-29(35)27(19-22-7-4-3-5-8-22)33(21-24-11-15-26(31)16-12-24)28(34)20-23-9-13-25(30)14-10-23/h3-5,7-16,27H,2,6,17-21H2,1H3,(H,32,35)/t27-/m0/s1. The lowest BCUT2D eigenvalue weighted by Gasteiger charge is -2.32. The molecule has 0 unspecified atom stereocenters. The van der Waals surface area contributed by atoms with E-state index < -0.39 is 6.04 Å². The van der Waals surface area contributed by atoms with E-state index in [1.807, 2.05) is 61.5 Å². The summed E-state index contributed by atoms with van der Waals surface area (Å²) in [5.74, 6) is -0.327. The van der Waals surface area contributed by atoms with Crippen LogP contribution < -0.4 is 5.32 Å². The number of amides is 2. The number of carbonyl (C=O) groups excluding carboxylic acids is 2. The quantitative estimate of drug-likeness (QED) is 0.290. The van der Waals surface area contributed by atoms with Crippen molar-refractivity contribution >= 4 is 35.0 Å². The summed E-state index contributed by atoms with van der Waals surface area (Å²) in [4.78, 5) is 28.8. The lowest BCUT2D eigenvalue weighted by atomic mass is 10.0. The molecule has 0 heterocycles. The monoisotopic (exact) mass is 526 g/mol. The first-order valence-electron chi connectivity index (χ1n) is 12.1. The lowest BCUT2D eigenvalue weighted by Crippen LogP contribution is -2.51. The van der Waals surface area contributed by atoms with Gasteiger partial charge in [-0.3, -0.25) is 9.59 Å². The predicted molar refractivity (Wildman–Crippen MR) is 145 cm³/mol. The van der Waals surface area contributed by atoms with Gasteiger partial charge in [-0.05, 0) is 54.3 Å². The molecule has 0 saturated heterocycles. The Balaban J connectivity index is 1.87. The van der Waals surface area contributed by atoms with E-state index in [0.29, 0.717) is 42.6 Å². The Morgan fingerprint density at radius 2 is 1.47 bits per heavy atom. The Morgan fingerprint density at radius 3 is 2.08 bits per heavy atom. The van der Waals surface area contributed by atoms with Gasteiger partial charge in [0.2, 0.25) is 11.8 Å². The van der Waals surface area contributed by atoms with Crippen molar-refractivity contribution in [1.29, 1.82) is 0 Å². The number of hydrogen-bond acceptors (Lipinski definition) is 3. The molecule has 0 spiro atoms. The SMILES string of the molecule is CCOCCCNC(=O)[C@H](Cc1ccccc1)N(Cc1ccc(Cl)cc1)C(=O)Cc1ccc(Cl)cc1. The second-order valence-corrected chi connectivity index (χ2v) is 9.37. The molecule has 5 nitrogen and oxygen atoms in total. The number of nitrogens with zero attached hydrogens (tertiary/aromatic N) is 1. The summed E-state index contributed by atoms with van der Waals surface area (Å²) >= 11 is 12.1. The summed E-state index contributed by atoms with van der Waals surface area (Å²) in [6.07, 6.45) is 1.26. The summed E-state index contributed by atoms with van der Waals surface area (Å²) in [5.41, 5.74) is 2.71. The van der Waals surface area contributed by atoms with Crippen LogP contribution in [0.1, 0.15) is 30.0 Å². The molecule has 1 atom stereocenters. The first-order chi connectivity index (χ1) is 17.5. The van der Waals surface area contributed by atoms with Gasteiger partial charge in [0.25, 0.3) is 0 Å². The third-order valence-corrected chi connectivity index (χ3v) is 6.28. The molecule has 0 radical (unpaired) electrons. The normalized spacial score (nSPS) is 11.6. The molecule has 2 amide bonds. The fraction of sp³-hybridized carbons (Fsp3) is 0.310. The number of ether oxygens (including phenoxy) is 1. The van der Waals surface area contributed by atoms with E-state index >= 15 is 0 Å². The second-order valence-electron chi connectivity index (χ2n) is 8.50.